The van der Waals surface area contributed by atoms with Gasteiger partial charge in [0.15, 0.2) is 0 Å². The van der Waals surface area contributed by atoms with Gasteiger partial charge in [-0.05, 0) is 117 Å². The van der Waals surface area contributed by atoms with Crippen LogP contribution in [-0.4, -0.2) is 0 Å². The van der Waals surface area contributed by atoms with E-state index in [1.165, 1.54) is 39.8 Å². The zero-order chi connectivity index (χ0) is 29.3. The van der Waals surface area contributed by atoms with Crippen LogP contribution >= 0.6 is 23.2 Å². The zero-order valence-electron chi connectivity index (χ0n) is 25.5. The molecule has 0 radical (unpaired) electrons. The third-order valence-corrected chi connectivity index (χ3v) is 8.51. The maximum atomic E-state index is 5.75. The predicted octanol–water partition coefficient (Wildman–Crippen LogP) is 13.9. The lowest BCUT2D eigenvalue weighted by Gasteiger charge is -2.18. The van der Waals surface area contributed by atoms with Gasteiger partial charge in [-0.2, -0.15) is 0 Å². The van der Waals surface area contributed by atoms with Crippen LogP contribution in [0.25, 0.3) is 0 Å². The number of hydrogen-bond acceptors (Lipinski definition) is 0. The first-order chi connectivity index (χ1) is 18.2. The Bertz CT molecular complexity index is 1320. The van der Waals surface area contributed by atoms with E-state index in [9.17, 15) is 0 Å². The minimum Gasteiger partial charge on any atom is -0.0827 e. The molecule has 1 aliphatic carbocycles. The van der Waals surface area contributed by atoms with E-state index in [1.54, 1.807) is 17.2 Å². The number of halogens is 2. The van der Waals surface area contributed by atoms with Gasteiger partial charge in [-0.15, -0.1) is 0 Å². The van der Waals surface area contributed by atoms with Gasteiger partial charge in [0.2, 0.25) is 0 Å². The second-order valence-electron chi connectivity index (χ2n) is 11.6. The average molecular weight is 610 g/mol. The summed E-state index contributed by atoms with van der Waals surface area (Å²) in [5, 5.41) is 1.27. The van der Waals surface area contributed by atoms with Gasteiger partial charge >= 0.3 is 0 Å². The Morgan fingerprint density at radius 2 is 1.05 bits per heavy atom. The van der Waals surface area contributed by atoms with Crippen LogP contribution in [0.15, 0.2) is 78.9 Å². The SMILES string of the molecule is C.C.C.Cc1ccc(C)c(C)c1.Cc1cccc(Cl)c1Cl.Cc1cccc2c1C(C)CC2(C)C.Cc1ccccc1C. The molecule has 0 nitrogen and oxygen atoms in total. The third kappa shape index (κ3) is 12.0. The number of rotatable bonds is 0. The van der Waals surface area contributed by atoms with Crippen molar-refractivity contribution < 1.29 is 0 Å². The highest BCUT2D eigenvalue weighted by Crippen LogP contribution is 2.46. The van der Waals surface area contributed by atoms with Gasteiger partial charge in [0, 0.05) is 0 Å². The highest BCUT2D eigenvalue weighted by Gasteiger charge is 2.34. The quantitative estimate of drug-likeness (QED) is 0.186. The van der Waals surface area contributed by atoms with Crippen molar-refractivity contribution in [3.8, 4) is 0 Å². The molecule has 0 amide bonds. The largest absolute Gasteiger partial charge is 0.0827 e. The van der Waals surface area contributed by atoms with E-state index in [4.69, 9.17) is 23.2 Å². The molecular formula is C40H58Cl2. The van der Waals surface area contributed by atoms with Gasteiger partial charge in [0.1, 0.15) is 0 Å². The molecule has 0 fully saturated rings. The van der Waals surface area contributed by atoms with Crippen LogP contribution < -0.4 is 0 Å². The molecule has 232 valence electrons. The molecule has 0 spiro atoms. The fraction of sp³-hybridized carbons (Fsp3) is 0.400. The van der Waals surface area contributed by atoms with Gasteiger partial charge in [0.25, 0.3) is 0 Å². The van der Waals surface area contributed by atoms with Gasteiger partial charge in [0.05, 0.1) is 10.0 Å². The minimum absolute atomic E-state index is 0. The summed E-state index contributed by atoms with van der Waals surface area (Å²) in [5.41, 5.74) is 12.9. The maximum absolute atomic E-state index is 5.75. The second kappa shape index (κ2) is 18.9. The standard InChI is InChI=1S/C13H18.C9H12.C8H10.C7H6Cl2.3CH4/c1-9-6-5-7-11-12(9)10(2)8-13(11,3)4;1-7-4-5-8(2)9(3)6-7;1-7-5-3-4-6-8(7)2;1-5-3-2-4-6(8)7(5)9;;;/h5-7,10H,8H2,1-4H3;4-6H,1-3H3;3-6H,1-2H3;2-4H,1H3;3*1H4. The third-order valence-electron chi connectivity index (χ3n) is 7.60. The first kappa shape index (κ1) is 41.6. The van der Waals surface area contributed by atoms with Gasteiger partial charge in [-0.3, -0.25) is 0 Å². The van der Waals surface area contributed by atoms with Crippen LogP contribution in [0, 0.1) is 48.5 Å². The van der Waals surface area contributed by atoms with E-state index in [-0.39, 0.29) is 22.3 Å². The molecule has 4 aromatic rings. The molecule has 0 saturated carbocycles. The summed E-state index contributed by atoms with van der Waals surface area (Å²) in [6.07, 6.45) is 1.30. The van der Waals surface area contributed by atoms with E-state index in [0.29, 0.717) is 15.5 Å². The van der Waals surface area contributed by atoms with E-state index in [0.717, 1.165) is 11.5 Å². The van der Waals surface area contributed by atoms with Crippen molar-refractivity contribution in [1.82, 2.24) is 0 Å². The number of benzene rings is 4. The minimum atomic E-state index is 0. The Kier molecular flexibility index (Phi) is 18.7. The molecule has 4 aromatic carbocycles. The molecule has 5 rings (SSSR count). The van der Waals surface area contributed by atoms with Crippen molar-refractivity contribution in [3.05, 3.63) is 139 Å². The van der Waals surface area contributed by atoms with Crippen LogP contribution in [0.1, 0.15) is 105 Å². The van der Waals surface area contributed by atoms with Gasteiger partial charge < -0.3 is 0 Å². The lowest BCUT2D eigenvalue weighted by Crippen LogP contribution is -2.11. The molecule has 0 aromatic heterocycles. The fourth-order valence-corrected chi connectivity index (χ4v) is 5.42. The fourth-order valence-electron chi connectivity index (χ4n) is 5.07. The number of aryl methyl sites for hydroxylation is 7. The molecule has 0 saturated heterocycles. The Morgan fingerprint density at radius 3 is 1.48 bits per heavy atom. The summed E-state index contributed by atoms with van der Waals surface area (Å²) in [4.78, 5) is 0. The molecule has 0 N–H and O–H groups in total. The van der Waals surface area contributed by atoms with Crippen LogP contribution in [0.5, 0.6) is 0 Å². The summed E-state index contributed by atoms with van der Waals surface area (Å²) in [5.74, 6) is 0.742. The topological polar surface area (TPSA) is 0 Å². The first-order valence-corrected chi connectivity index (χ1v) is 14.6. The summed E-state index contributed by atoms with van der Waals surface area (Å²) in [6.45, 7) is 21.9. The van der Waals surface area contributed by atoms with Crippen molar-refractivity contribution >= 4 is 23.2 Å². The molecular weight excluding hydrogens is 551 g/mol. The lowest BCUT2D eigenvalue weighted by molar-refractivity contribution is 0.489. The average Bonchev–Trinajstić information content (AvgIpc) is 3.12. The Hall–Kier alpha value is -2.54. The maximum Gasteiger partial charge on any atom is 0.0621 e. The van der Waals surface area contributed by atoms with Crippen LogP contribution in [0.3, 0.4) is 0 Å². The molecule has 0 aliphatic heterocycles. The van der Waals surface area contributed by atoms with Crippen molar-refractivity contribution in [2.45, 2.75) is 109 Å². The first-order valence-electron chi connectivity index (χ1n) is 13.8. The van der Waals surface area contributed by atoms with Gasteiger partial charge in [-0.1, -0.05) is 145 Å². The second-order valence-corrected chi connectivity index (χ2v) is 12.4. The normalized spacial score (nSPS) is 13.5. The van der Waals surface area contributed by atoms with Crippen molar-refractivity contribution in [2.24, 2.45) is 0 Å². The van der Waals surface area contributed by atoms with E-state index in [1.807, 2.05) is 19.1 Å². The molecule has 2 heteroatoms. The number of hydrogen-bond donors (Lipinski definition) is 0. The summed E-state index contributed by atoms with van der Waals surface area (Å²) in [6, 6.07) is 27.2. The Morgan fingerprint density at radius 1 is 0.571 bits per heavy atom. The molecule has 0 heterocycles. The Labute approximate surface area is 270 Å². The lowest BCUT2D eigenvalue weighted by atomic mass is 9.86. The van der Waals surface area contributed by atoms with Crippen molar-refractivity contribution in [3.63, 3.8) is 0 Å². The highest BCUT2D eigenvalue weighted by molar-refractivity contribution is 6.42. The van der Waals surface area contributed by atoms with E-state index >= 15 is 0 Å². The van der Waals surface area contributed by atoms with Crippen LogP contribution in [0.4, 0.5) is 0 Å². The smallest absolute Gasteiger partial charge is 0.0621 e. The predicted molar refractivity (Wildman–Crippen MR) is 195 cm³/mol. The van der Waals surface area contributed by atoms with Gasteiger partial charge in [-0.25, -0.2) is 0 Å². The summed E-state index contributed by atoms with van der Waals surface area (Å²) in [7, 11) is 0. The summed E-state index contributed by atoms with van der Waals surface area (Å²) < 4.78 is 0. The molecule has 1 atom stereocenters. The monoisotopic (exact) mass is 608 g/mol. The van der Waals surface area contributed by atoms with Crippen molar-refractivity contribution in [1.29, 1.82) is 0 Å². The molecule has 1 aliphatic rings. The summed E-state index contributed by atoms with van der Waals surface area (Å²) >= 11 is 11.4. The molecule has 42 heavy (non-hydrogen) atoms. The van der Waals surface area contributed by atoms with Crippen LogP contribution in [-0.2, 0) is 5.41 Å². The molecule has 0 bridgehead atoms. The number of fused-ring (bicyclic) bond motifs is 1. The molecule has 1 unspecified atom stereocenters. The highest BCUT2D eigenvalue weighted by atomic mass is 35.5. The van der Waals surface area contributed by atoms with E-state index < -0.39 is 0 Å². The van der Waals surface area contributed by atoms with Crippen molar-refractivity contribution in [2.75, 3.05) is 0 Å². The zero-order valence-corrected chi connectivity index (χ0v) is 27.1. The Balaban J connectivity index is 0. The van der Waals surface area contributed by atoms with E-state index in [2.05, 4.69) is 123 Å². The van der Waals surface area contributed by atoms with Crippen LogP contribution in [0.2, 0.25) is 10.0 Å².